The van der Waals surface area contributed by atoms with Gasteiger partial charge in [-0.1, -0.05) is 48.5 Å². The molecule has 2 heterocycles. The van der Waals surface area contributed by atoms with Crippen LogP contribution in [0, 0.1) is 5.92 Å². The number of carbonyl (C=O) groups is 1. The van der Waals surface area contributed by atoms with Crippen LogP contribution in [0.4, 0.5) is 4.79 Å². The van der Waals surface area contributed by atoms with Crippen molar-refractivity contribution in [1.82, 2.24) is 15.5 Å². The Bertz CT molecular complexity index is 780. The Balaban J connectivity index is 1.25. The summed E-state index contributed by atoms with van der Waals surface area (Å²) in [5.41, 5.74) is 2.42. The molecule has 2 aromatic rings. The van der Waals surface area contributed by atoms with Crippen LogP contribution in [0.15, 0.2) is 54.6 Å². The number of rotatable bonds is 5. The van der Waals surface area contributed by atoms with Crippen LogP contribution in [0.3, 0.4) is 0 Å². The molecule has 4 rings (SSSR count). The standard InChI is InChI=1S/C23H29N3O2/c27-23(25-21-12-14-28-22-11-5-4-10-20(21)22)24-15-19-9-6-13-26(17-19)16-18-7-2-1-3-8-18/h1-5,7-8,10-11,19,21H,6,9,12-17H2,(H2,24,25,27)/t19-,21-/m1/s1. The first-order valence-electron chi connectivity index (χ1n) is 10.3. The van der Waals surface area contributed by atoms with Crippen molar-refractivity contribution >= 4 is 6.03 Å². The van der Waals surface area contributed by atoms with Crippen molar-refractivity contribution in [2.24, 2.45) is 5.92 Å². The summed E-state index contributed by atoms with van der Waals surface area (Å²) < 4.78 is 5.67. The van der Waals surface area contributed by atoms with E-state index in [9.17, 15) is 4.79 Å². The molecule has 2 N–H and O–H groups in total. The Kier molecular flexibility index (Phi) is 6.12. The molecule has 0 bridgehead atoms. The highest BCUT2D eigenvalue weighted by Gasteiger charge is 2.24. The van der Waals surface area contributed by atoms with Crippen molar-refractivity contribution in [3.8, 4) is 5.75 Å². The second kappa shape index (κ2) is 9.11. The van der Waals surface area contributed by atoms with Gasteiger partial charge < -0.3 is 15.4 Å². The number of nitrogens with one attached hydrogen (secondary N) is 2. The third-order valence-corrected chi connectivity index (χ3v) is 5.67. The van der Waals surface area contributed by atoms with Crippen LogP contribution in [0.1, 0.15) is 36.4 Å². The van der Waals surface area contributed by atoms with E-state index in [0.717, 1.165) is 43.9 Å². The lowest BCUT2D eigenvalue weighted by Crippen LogP contribution is -2.44. The third kappa shape index (κ3) is 4.84. The molecule has 2 amide bonds. The predicted molar refractivity (Wildman–Crippen MR) is 110 cm³/mol. The summed E-state index contributed by atoms with van der Waals surface area (Å²) in [6, 6.07) is 18.5. The molecule has 148 valence electrons. The van der Waals surface area contributed by atoms with E-state index >= 15 is 0 Å². The van der Waals surface area contributed by atoms with Gasteiger partial charge in [-0.05, 0) is 36.9 Å². The SMILES string of the molecule is O=C(NC[C@H]1CCCN(Cc2ccccc2)C1)N[C@@H]1CCOc2ccccc21. The number of hydrogen-bond donors (Lipinski definition) is 2. The fraction of sp³-hybridized carbons (Fsp3) is 0.435. The van der Waals surface area contributed by atoms with Crippen LogP contribution in [-0.2, 0) is 6.54 Å². The zero-order chi connectivity index (χ0) is 19.2. The van der Waals surface area contributed by atoms with Gasteiger partial charge in [-0.3, -0.25) is 4.90 Å². The Hall–Kier alpha value is -2.53. The number of para-hydroxylation sites is 1. The number of likely N-dealkylation sites (tertiary alicyclic amines) is 1. The molecule has 0 aliphatic carbocycles. The average molecular weight is 380 g/mol. The molecule has 2 aromatic carbocycles. The molecule has 5 heteroatoms. The first-order valence-corrected chi connectivity index (χ1v) is 10.3. The minimum Gasteiger partial charge on any atom is -0.493 e. The van der Waals surface area contributed by atoms with E-state index in [1.54, 1.807) is 0 Å². The van der Waals surface area contributed by atoms with Gasteiger partial charge in [-0.15, -0.1) is 0 Å². The first kappa shape index (κ1) is 18.8. The Labute approximate surface area is 167 Å². The second-order valence-electron chi connectivity index (χ2n) is 7.81. The Morgan fingerprint density at radius 3 is 2.79 bits per heavy atom. The summed E-state index contributed by atoms with van der Waals surface area (Å²) in [6.45, 7) is 4.52. The van der Waals surface area contributed by atoms with Crippen molar-refractivity contribution in [1.29, 1.82) is 0 Å². The largest absolute Gasteiger partial charge is 0.493 e. The van der Waals surface area contributed by atoms with Gasteiger partial charge in [-0.2, -0.15) is 0 Å². The van der Waals surface area contributed by atoms with Gasteiger partial charge in [0.2, 0.25) is 0 Å². The molecule has 0 aromatic heterocycles. The lowest BCUT2D eigenvalue weighted by Gasteiger charge is -2.33. The highest BCUT2D eigenvalue weighted by atomic mass is 16.5. The van der Waals surface area contributed by atoms with Crippen molar-refractivity contribution < 1.29 is 9.53 Å². The maximum Gasteiger partial charge on any atom is 0.315 e. The van der Waals surface area contributed by atoms with Crippen LogP contribution in [0.25, 0.3) is 0 Å². The minimum absolute atomic E-state index is 0.0193. The fourth-order valence-electron chi connectivity index (χ4n) is 4.24. The summed E-state index contributed by atoms with van der Waals surface area (Å²) in [4.78, 5) is 15.0. The van der Waals surface area contributed by atoms with Crippen LogP contribution in [0.5, 0.6) is 5.75 Å². The first-order chi connectivity index (χ1) is 13.8. The van der Waals surface area contributed by atoms with Gasteiger partial charge in [0.1, 0.15) is 5.75 Å². The summed E-state index contributed by atoms with van der Waals surface area (Å²) in [6.07, 6.45) is 3.17. The number of ether oxygens (including phenoxy) is 1. The highest BCUT2D eigenvalue weighted by molar-refractivity contribution is 5.74. The number of benzene rings is 2. The molecule has 0 radical (unpaired) electrons. The number of hydrogen-bond acceptors (Lipinski definition) is 3. The summed E-state index contributed by atoms with van der Waals surface area (Å²) in [5.74, 6) is 1.38. The quantitative estimate of drug-likeness (QED) is 0.832. The normalized spacial score (nSPS) is 22.0. The average Bonchev–Trinajstić information content (AvgIpc) is 2.74. The van der Waals surface area contributed by atoms with Gasteiger partial charge in [0, 0.05) is 31.6 Å². The maximum absolute atomic E-state index is 12.5. The third-order valence-electron chi connectivity index (χ3n) is 5.67. The van der Waals surface area contributed by atoms with Crippen molar-refractivity contribution in [3.63, 3.8) is 0 Å². The minimum atomic E-state index is -0.0816. The zero-order valence-electron chi connectivity index (χ0n) is 16.3. The van der Waals surface area contributed by atoms with Gasteiger partial charge in [0.15, 0.2) is 0 Å². The molecule has 28 heavy (non-hydrogen) atoms. The number of nitrogens with zero attached hydrogens (tertiary/aromatic N) is 1. The molecule has 5 nitrogen and oxygen atoms in total. The van der Waals surface area contributed by atoms with Crippen molar-refractivity contribution in [3.05, 3.63) is 65.7 Å². The van der Waals surface area contributed by atoms with E-state index in [-0.39, 0.29) is 12.1 Å². The van der Waals surface area contributed by atoms with Crippen LogP contribution in [0.2, 0.25) is 0 Å². The Morgan fingerprint density at radius 2 is 1.89 bits per heavy atom. The van der Waals surface area contributed by atoms with Gasteiger partial charge in [0.05, 0.1) is 12.6 Å². The number of urea groups is 1. The lowest BCUT2D eigenvalue weighted by atomic mass is 9.97. The molecule has 2 aliphatic rings. The van der Waals surface area contributed by atoms with E-state index in [0.29, 0.717) is 12.5 Å². The molecular weight excluding hydrogens is 350 g/mol. The van der Waals surface area contributed by atoms with E-state index < -0.39 is 0 Å². The predicted octanol–water partition coefficient (Wildman–Crippen LogP) is 3.72. The second-order valence-corrected chi connectivity index (χ2v) is 7.81. The van der Waals surface area contributed by atoms with Gasteiger partial charge in [0.25, 0.3) is 0 Å². The number of fused-ring (bicyclic) bond motifs is 1. The van der Waals surface area contributed by atoms with Crippen molar-refractivity contribution in [2.75, 3.05) is 26.2 Å². The monoisotopic (exact) mass is 379 g/mol. The topological polar surface area (TPSA) is 53.6 Å². The zero-order valence-corrected chi connectivity index (χ0v) is 16.3. The molecule has 0 saturated carbocycles. The fourth-order valence-corrected chi connectivity index (χ4v) is 4.24. The number of piperidine rings is 1. The lowest BCUT2D eigenvalue weighted by molar-refractivity contribution is 0.164. The molecule has 1 saturated heterocycles. The van der Waals surface area contributed by atoms with E-state index in [1.165, 1.54) is 18.4 Å². The summed E-state index contributed by atoms with van der Waals surface area (Å²) in [7, 11) is 0. The highest BCUT2D eigenvalue weighted by Crippen LogP contribution is 2.31. The summed E-state index contributed by atoms with van der Waals surface area (Å²) >= 11 is 0. The smallest absolute Gasteiger partial charge is 0.315 e. The van der Waals surface area contributed by atoms with Crippen LogP contribution >= 0.6 is 0 Å². The van der Waals surface area contributed by atoms with E-state index in [2.05, 4.69) is 45.9 Å². The number of carbonyl (C=O) groups excluding carboxylic acids is 1. The Morgan fingerprint density at radius 1 is 1.07 bits per heavy atom. The van der Waals surface area contributed by atoms with Gasteiger partial charge in [-0.25, -0.2) is 4.79 Å². The maximum atomic E-state index is 12.5. The number of amides is 2. The van der Waals surface area contributed by atoms with Crippen LogP contribution < -0.4 is 15.4 Å². The molecule has 0 spiro atoms. The molecule has 2 aliphatic heterocycles. The molecular formula is C23H29N3O2. The molecule has 0 unspecified atom stereocenters. The van der Waals surface area contributed by atoms with Gasteiger partial charge >= 0.3 is 6.03 Å². The van der Waals surface area contributed by atoms with Crippen LogP contribution in [-0.4, -0.2) is 37.2 Å². The summed E-state index contributed by atoms with van der Waals surface area (Å²) in [5, 5.41) is 6.22. The van der Waals surface area contributed by atoms with E-state index in [4.69, 9.17) is 4.74 Å². The van der Waals surface area contributed by atoms with E-state index in [1.807, 2.05) is 24.3 Å². The molecule has 2 atom stereocenters. The van der Waals surface area contributed by atoms with Crippen molar-refractivity contribution in [2.45, 2.75) is 31.8 Å². The molecule has 1 fully saturated rings.